The van der Waals surface area contributed by atoms with Crippen LogP contribution in [-0.2, 0) is 0 Å². The van der Waals surface area contributed by atoms with Crippen LogP contribution in [0, 0.1) is 5.41 Å². The van der Waals surface area contributed by atoms with Gasteiger partial charge in [0.1, 0.15) is 6.61 Å². The molecule has 5 nitrogen and oxygen atoms in total. The molecular weight excluding hydrogens is 375 g/mol. The fraction of sp³-hybridized carbons (Fsp3) is 0.625. The monoisotopic (exact) mass is 397 g/mol. The van der Waals surface area contributed by atoms with Gasteiger partial charge >= 0.3 is 0 Å². The Morgan fingerprint density at radius 3 is 2.64 bits per heavy atom. The van der Waals surface area contributed by atoms with Gasteiger partial charge in [0.2, 0.25) is 0 Å². The molecule has 2 fully saturated rings. The summed E-state index contributed by atoms with van der Waals surface area (Å²) in [5.41, 5.74) is 0.434. The second kappa shape index (κ2) is 9.50. The van der Waals surface area contributed by atoms with Gasteiger partial charge in [-0.25, -0.2) is 13.8 Å². The van der Waals surface area contributed by atoms with Crippen LogP contribution in [0.2, 0.25) is 0 Å². The largest absolute Gasteiger partial charge is 0.485 e. The maximum Gasteiger partial charge on any atom is 0.276 e. The number of halogens is 4. The topological polar surface area (TPSA) is 54.5 Å². The average Bonchev–Trinajstić information content (AvgIpc) is 3.01. The number of hydrogen-bond donors (Lipinski definition) is 1. The first-order chi connectivity index (χ1) is 11.1. The number of pyridine rings is 1. The molecule has 0 atom stereocenters. The molecule has 1 amide bonds. The normalized spacial score (nSPS) is 18.6. The minimum atomic E-state index is -2.58. The predicted octanol–water partition coefficient (Wildman–Crippen LogP) is 2.78. The number of likely N-dealkylation sites (tertiary alicyclic amines) is 1. The lowest BCUT2D eigenvalue weighted by Crippen LogP contribution is -2.44. The fourth-order valence-corrected chi connectivity index (χ4v) is 3.38. The molecule has 1 aromatic heterocycles. The molecule has 0 saturated carbocycles. The molecule has 2 aliphatic rings. The average molecular weight is 398 g/mol. The molecule has 3 rings (SSSR count). The summed E-state index contributed by atoms with van der Waals surface area (Å²) in [4.78, 5) is 18.4. The number of piperidine rings is 1. The number of nitrogens with zero attached hydrogens (tertiary/aromatic N) is 2. The molecule has 25 heavy (non-hydrogen) atoms. The molecule has 2 aliphatic heterocycles. The van der Waals surface area contributed by atoms with Gasteiger partial charge in [0.05, 0.1) is 0 Å². The Hall–Kier alpha value is -1.18. The number of amides is 1. The van der Waals surface area contributed by atoms with Crippen LogP contribution in [0.25, 0.3) is 0 Å². The van der Waals surface area contributed by atoms with Gasteiger partial charge in [-0.3, -0.25) is 4.79 Å². The van der Waals surface area contributed by atoms with Crippen molar-refractivity contribution in [1.82, 2.24) is 15.2 Å². The van der Waals surface area contributed by atoms with Crippen molar-refractivity contribution in [3.05, 3.63) is 24.0 Å². The zero-order chi connectivity index (χ0) is 16.3. The highest BCUT2D eigenvalue weighted by Gasteiger charge is 2.38. The Bertz CT molecular complexity index is 562. The predicted molar refractivity (Wildman–Crippen MR) is 95.3 cm³/mol. The Labute approximate surface area is 158 Å². The van der Waals surface area contributed by atoms with E-state index in [2.05, 4.69) is 10.3 Å². The second-order valence-corrected chi connectivity index (χ2v) is 6.27. The Morgan fingerprint density at radius 2 is 2.04 bits per heavy atom. The zero-order valence-electron chi connectivity index (χ0n) is 13.7. The van der Waals surface area contributed by atoms with E-state index < -0.39 is 13.0 Å². The number of nitrogens with one attached hydrogen (secondary N) is 1. The number of rotatable bonds is 4. The number of hydrogen-bond acceptors (Lipinski definition) is 4. The Morgan fingerprint density at radius 1 is 1.32 bits per heavy atom. The van der Waals surface area contributed by atoms with Gasteiger partial charge in [-0.2, -0.15) is 0 Å². The lowest BCUT2D eigenvalue weighted by atomic mass is 9.78. The Balaban J connectivity index is 0.00000156. The zero-order valence-corrected chi connectivity index (χ0v) is 15.4. The molecule has 3 heterocycles. The van der Waals surface area contributed by atoms with Crippen molar-refractivity contribution < 1.29 is 18.3 Å². The second-order valence-electron chi connectivity index (χ2n) is 6.27. The van der Waals surface area contributed by atoms with E-state index in [0.717, 1.165) is 32.4 Å². The van der Waals surface area contributed by atoms with Crippen molar-refractivity contribution in [3.8, 4) is 5.75 Å². The number of carbonyl (C=O) groups excluding carboxylic acids is 1. The molecule has 1 spiro atoms. The van der Waals surface area contributed by atoms with E-state index in [0.29, 0.717) is 18.5 Å². The van der Waals surface area contributed by atoms with Crippen LogP contribution in [-0.4, -0.2) is 55.0 Å². The van der Waals surface area contributed by atoms with E-state index in [1.807, 2.05) is 0 Å². The minimum absolute atomic E-state index is 0. The molecule has 2 saturated heterocycles. The van der Waals surface area contributed by atoms with Crippen LogP contribution in [0.5, 0.6) is 5.75 Å². The lowest BCUT2D eigenvalue weighted by molar-refractivity contribution is 0.0580. The first-order valence-electron chi connectivity index (χ1n) is 7.96. The first kappa shape index (κ1) is 21.9. The summed E-state index contributed by atoms with van der Waals surface area (Å²) in [6.07, 6.45) is 1.98. The molecule has 0 bridgehead atoms. The molecule has 9 heteroatoms. The summed E-state index contributed by atoms with van der Waals surface area (Å²) in [6.45, 7) is 2.67. The summed E-state index contributed by atoms with van der Waals surface area (Å²) in [5.74, 6) is -0.115. The van der Waals surface area contributed by atoms with Gasteiger partial charge in [-0.15, -0.1) is 24.8 Å². The maximum absolute atomic E-state index is 12.6. The maximum atomic E-state index is 12.6. The number of alkyl halides is 2. The fourth-order valence-electron chi connectivity index (χ4n) is 3.38. The summed E-state index contributed by atoms with van der Waals surface area (Å²) < 4.78 is 29.7. The number of aromatic nitrogens is 1. The lowest BCUT2D eigenvalue weighted by Gasteiger charge is -2.38. The van der Waals surface area contributed by atoms with Crippen LogP contribution in [0.3, 0.4) is 0 Å². The third kappa shape index (κ3) is 5.15. The molecule has 0 radical (unpaired) electrons. The van der Waals surface area contributed by atoms with E-state index in [1.165, 1.54) is 12.3 Å². The Kier molecular flexibility index (Phi) is 8.31. The highest BCUT2D eigenvalue weighted by atomic mass is 35.5. The summed E-state index contributed by atoms with van der Waals surface area (Å²) in [5, 5.41) is 3.39. The van der Waals surface area contributed by atoms with E-state index in [4.69, 9.17) is 4.74 Å². The molecule has 142 valence electrons. The van der Waals surface area contributed by atoms with Crippen molar-refractivity contribution in [2.75, 3.05) is 32.8 Å². The quantitative estimate of drug-likeness (QED) is 0.848. The van der Waals surface area contributed by atoms with Gasteiger partial charge in [0, 0.05) is 25.8 Å². The van der Waals surface area contributed by atoms with Crippen molar-refractivity contribution >= 4 is 30.7 Å². The number of carbonyl (C=O) groups is 1. The summed E-state index contributed by atoms with van der Waals surface area (Å²) >= 11 is 0. The molecule has 1 N–H and O–H groups in total. The first-order valence-corrected chi connectivity index (χ1v) is 7.96. The summed E-state index contributed by atoms with van der Waals surface area (Å²) in [6, 6.07) is 3.09. The molecular formula is C16H23Cl2F2N3O2. The van der Waals surface area contributed by atoms with Crippen LogP contribution in [0.4, 0.5) is 8.78 Å². The third-order valence-corrected chi connectivity index (χ3v) is 4.78. The van der Waals surface area contributed by atoms with Gasteiger partial charge in [0.15, 0.2) is 11.4 Å². The van der Waals surface area contributed by atoms with Crippen LogP contribution >= 0.6 is 24.8 Å². The van der Waals surface area contributed by atoms with E-state index in [-0.39, 0.29) is 42.2 Å². The van der Waals surface area contributed by atoms with Gasteiger partial charge in [-0.1, -0.05) is 0 Å². The SMILES string of the molecule is Cl.Cl.O=C(c1ncccc1OCC(F)F)N1CCC2(CCNC2)CC1. The van der Waals surface area contributed by atoms with E-state index in [9.17, 15) is 13.6 Å². The molecule has 0 aromatic carbocycles. The molecule has 0 unspecified atom stereocenters. The van der Waals surface area contributed by atoms with E-state index in [1.54, 1.807) is 11.0 Å². The van der Waals surface area contributed by atoms with Gasteiger partial charge in [0.25, 0.3) is 12.3 Å². The minimum Gasteiger partial charge on any atom is -0.485 e. The highest BCUT2D eigenvalue weighted by Crippen LogP contribution is 2.37. The standard InChI is InChI=1S/C16H21F2N3O2.2ClH/c17-13(18)10-23-12-2-1-6-20-14(12)15(22)21-8-4-16(5-9-21)3-7-19-11-16;;/h1-2,6,13,19H,3-5,7-11H2;2*1H. The smallest absolute Gasteiger partial charge is 0.276 e. The van der Waals surface area contributed by atoms with Crippen molar-refractivity contribution in [1.29, 1.82) is 0 Å². The van der Waals surface area contributed by atoms with Crippen LogP contribution < -0.4 is 10.1 Å². The van der Waals surface area contributed by atoms with Crippen molar-refractivity contribution in [2.24, 2.45) is 5.41 Å². The highest BCUT2D eigenvalue weighted by molar-refractivity contribution is 5.95. The van der Waals surface area contributed by atoms with Crippen molar-refractivity contribution in [2.45, 2.75) is 25.7 Å². The van der Waals surface area contributed by atoms with Gasteiger partial charge in [-0.05, 0) is 43.4 Å². The van der Waals surface area contributed by atoms with Gasteiger partial charge < -0.3 is 15.0 Å². The molecule has 1 aromatic rings. The molecule has 0 aliphatic carbocycles. The van der Waals surface area contributed by atoms with Crippen molar-refractivity contribution in [3.63, 3.8) is 0 Å². The summed E-state index contributed by atoms with van der Waals surface area (Å²) in [7, 11) is 0. The number of ether oxygens (including phenoxy) is 1. The van der Waals surface area contributed by atoms with Crippen LogP contribution in [0.15, 0.2) is 18.3 Å². The third-order valence-electron chi connectivity index (χ3n) is 4.78. The van der Waals surface area contributed by atoms with Crippen LogP contribution in [0.1, 0.15) is 29.8 Å². The van der Waals surface area contributed by atoms with E-state index >= 15 is 0 Å².